The normalized spacial score (nSPS) is 14.2. The van der Waals surface area contributed by atoms with Gasteiger partial charge in [0.2, 0.25) is 0 Å². The van der Waals surface area contributed by atoms with Crippen molar-refractivity contribution in [3.63, 3.8) is 0 Å². The summed E-state index contributed by atoms with van der Waals surface area (Å²) in [6.07, 6.45) is 7.35. The van der Waals surface area contributed by atoms with Gasteiger partial charge >= 0.3 is 0 Å². The van der Waals surface area contributed by atoms with Crippen molar-refractivity contribution in [2.45, 2.75) is 33.1 Å². The molecule has 45 heavy (non-hydrogen) atoms. The molecule has 0 aromatic heterocycles. The van der Waals surface area contributed by atoms with E-state index in [1.165, 1.54) is 24.3 Å². The zero-order valence-corrected chi connectivity index (χ0v) is 24.9. The summed E-state index contributed by atoms with van der Waals surface area (Å²) in [6, 6.07) is 26.1. The van der Waals surface area contributed by atoms with Gasteiger partial charge in [0.05, 0.1) is 11.4 Å². The second kappa shape index (κ2) is 12.5. The second-order valence-corrected chi connectivity index (χ2v) is 10.7. The lowest BCUT2D eigenvalue weighted by atomic mass is 9.99. The van der Waals surface area contributed by atoms with E-state index in [0.717, 1.165) is 62.8 Å². The molecule has 0 bridgehead atoms. The minimum Gasteiger partial charge on any atom is -0.457 e. The predicted octanol–water partition coefficient (Wildman–Crippen LogP) is 6.85. The lowest BCUT2D eigenvalue weighted by Crippen LogP contribution is -2.29. The van der Waals surface area contributed by atoms with Crippen LogP contribution in [0.5, 0.6) is 23.0 Å². The van der Waals surface area contributed by atoms with Gasteiger partial charge in [0.25, 0.3) is 23.6 Å². The van der Waals surface area contributed by atoms with Crippen LogP contribution in [0.25, 0.3) is 0 Å². The van der Waals surface area contributed by atoms with Gasteiger partial charge in [-0.2, -0.15) is 0 Å². The topological polar surface area (TPSA) is 93.2 Å². The van der Waals surface area contributed by atoms with Crippen LogP contribution < -0.4 is 19.3 Å². The predicted molar refractivity (Wildman–Crippen MR) is 171 cm³/mol. The van der Waals surface area contributed by atoms with Crippen molar-refractivity contribution in [3.8, 4) is 23.0 Å². The third kappa shape index (κ3) is 6.17. The van der Waals surface area contributed by atoms with Crippen LogP contribution in [0.4, 0.5) is 11.4 Å². The third-order valence-electron chi connectivity index (χ3n) is 7.68. The maximum absolute atomic E-state index is 12.0. The number of nitrogens with zero attached hydrogens (tertiary/aromatic N) is 2. The number of carbonyl (C=O) groups excluding carboxylic acids is 4. The molecule has 0 saturated carbocycles. The summed E-state index contributed by atoms with van der Waals surface area (Å²) in [6.45, 7) is 4.16. The monoisotopic (exact) mass is 598 g/mol. The largest absolute Gasteiger partial charge is 0.457 e. The fourth-order valence-electron chi connectivity index (χ4n) is 5.36. The van der Waals surface area contributed by atoms with Crippen LogP contribution in [0, 0.1) is 0 Å². The Kier molecular flexibility index (Phi) is 8.12. The van der Waals surface area contributed by atoms with E-state index >= 15 is 0 Å². The molecule has 4 amide bonds. The van der Waals surface area contributed by atoms with Crippen molar-refractivity contribution < 1.29 is 28.7 Å². The van der Waals surface area contributed by atoms with E-state index in [4.69, 9.17) is 9.47 Å². The molecule has 0 radical (unpaired) electrons. The number of carbonyl (C=O) groups is 4. The van der Waals surface area contributed by atoms with Crippen LogP contribution in [0.2, 0.25) is 0 Å². The maximum atomic E-state index is 12.0. The fourth-order valence-corrected chi connectivity index (χ4v) is 5.36. The number of imide groups is 2. The average Bonchev–Trinajstić information content (AvgIpc) is 3.57. The maximum Gasteiger partial charge on any atom is 0.258 e. The smallest absolute Gasteiger partial charge is 0.258 e. The Morgan fingerprint density at radius 1 is 0.489 bits per heavy atom. The quantitative estimate of drug-likeness (QED) is 0.186. The highest BCUT2D eigenvalue weighted by Gasteiger charge is 2.26. The molecule has 8 heteroatoms. The molecule has 0 atom stereocenters. The molecule has 2 aliphatic rings. The van der Waals surface area contributed by atoms with Crippen molar-refractivity contribution in [1.29, 1.82) is 0 Å². The van der Waals surface area contributed by atoms with Crippen LogP contribution in [-0.4, -0.2) is 23.6 Å². The average molecular weight is 599 g/mol. The van der Waals surface area contributed by atoms with Crippen molar-refractivity contribution in [2.75, 3.05) is 9.80 Å². The molecule has 0 unspecified atom stereocenters. The molecule has 4 aromatic rings. The highest BCUT2D eigenvalue weighted by atomic mass is 16.5. The van der Waals surface area contributed by atoms with Crippen LogP contribution in [0.3, 0.4) is 0 Å². The standard InChI is InChI=1S/C37H30N2O6/c1-3-26-22-24(5-15-32(26)44-30-11-7-28(8-12-30)38-34(40)17-18-35(38)41)21-25-6-16-33(27(4-2)23-25)45-31-13-9-29(10-14-31)39-36(42)19-20-37(39)43/h5-20,22-23H,3-4,21H2,1-2H3. The Morgan fingerprint density at radius 3 is 1.18 bits per heavy atom. The van der Waals surface area contributed by atoms with E-state index in [1.807, 2.05) is 12.1 Å². The molecule has 0 saturated heterocycles. The van der Waals surface area contributed by atoms with E-state index in [2.05, 4.69) is 38.1 Å². The number of benzene rings is 4. The summed E-state index contributed by atoms with van der Waals surface area (Å²) in [5, 5.41) is 0. The van der Waals surface area contributed by atoms with Gasteiger partial charge < -0.3 is 9.47 Å². The molecule has 6 rings (SSSR count). The first kappa shape index (κ1) is 29.3. The lowest BCUT2D eigenvalue weighted by Gasteiger charge is -2.16. The number of hydrogen-bond donors (Lipinski definition) is 0. The van der Waals surface area contributed by atoms with Gasteiger partial charge in [-0.05, 0) is 102 Å². The molecular weight excluding hydrogens is 568 g/mol. The Labute approximate surface area is 260 Å². The molecule has 224 valence electrons. The zero-order valence-electron chi connectivity index (χ0n) is 24.9. The molecule has 2 aliphatic heterocycles. The first-order valence-corrected chi connectivity index (χ1v) is 14.7. The molecule has 0 N–H and O–H groups in total. The SMILES string of the molecule is CCc1cc(Cc2ccc(Oc3ccc(N4C(=O)C=CC4=O)cc3)c(CC)c2)ccc1Oc1ccc(N2C(=O)C=CC2=O)cc1. The first-order chi connectivity index (χ1) is 21.8. The van der Waals surface area contributed by atoms with E-state index in [9.17, 15) is 19.2 Å². The van der Waals surface area contributed by atoms with Crippen molar-refractivity contribution in [2.24, 2.45) is 0 Å². The molecule has 4 aromatic carbocycles. The van der Waals surface area contributed by atoms with E-state index in [-0.39, 0.29) is 23.6 Å². The highest BCUT2D eigenvalue weighted by Crippen LogP contribution is 2.32. The van der Waals surface area contributed by atoms with E-state index in [1.54, 1.807) is 48.5 Å². The van der Waals surface area contributed by atoms with Crippen molar-refractivity contribution in [3.05, 3.63) is 131 Å². The summed E-state index contributed by atoms with van der Waals surface area (Å²) in [5.74, 6) is 1.31. The number of aryl methyl sites for hydroxylation is 2. The van der Waals surface area contributed by atoms with E-state index < -0.39 is 0 Å². The fraction of sp³-hybridized carbons (Fsp3) is 0.135. The third-order valence-corrected chi connectivity index (χ3v) is 7.68. The molecule has 0 fully saturated rings. The van der Waals surface area contributed by atoms with Gasteiger partial charge in [0.1, 0.15) is 23.0 Å². The number of rotatable bonds is 10. The Balaban J connectivity index is 1.12. The molecule has 0 aliphatic carbocycles. The molecule has 8 nitrogen and oxygen atoms in total. The minimum atomic E-state index is -0.356. The molecular formula is C37H30N2O6. The Hall–Kier alpha value is -5.76. The number of ether oxygens (including phenoxy) is 2. The number of hydrogen-bond acceptors (Lipinski definition) is 6. The summed E-state index contributed by atoms with van der Waals surface area (Å²) in [5.41, 5.74) is 5.44. The lowest BCUT2D eigenvalue weighted by molar-refractivity contribution is -0.121. The van der Waals surface area contributed by atoms with Crippen LogP contribution in [0.1, 0.15) is 36.1 Å². The summed E-state index contributed by atoms with van der Waals surface area (Å²) < 4.78 is 12.3. The van der Waals surface area contributed by atoms with Gasteiger partial charge in [-0.25, -0.2) is 9.80 Å². The van der Waals surface area contributed by atoms with E-state index in [0.29, 0.717) is 22.9 Å². The van der Waals surface area contributed by atoms with Crippen molar-refractivity contribution in [1.82, 2.24) is 0 Å². The van der Waals surface area contributed by atoms with Gasteiger partial charge in [-0.1, -0.05) is 38.1 Å². The van der Waals surface area contributed by atoms with Crippen LogP contribution in [-0.2, 0) is 38.4 Å². The minimum absolute atomic E-state index is 0.356. The van der Waals surface area contributed by atoms with Gasteiger partial charge in [0.15, 0.2) is 0 Å². The number of anilines is 2. The van der Waals surface area contributed by atoms with Crippen LogP contribution in [0.15, 0.2) is 109 Å². The first-order valence-electron chi connectivity index (χ1n) is 14.7. The zero-order chi connectivity index (χ0) is 31.5. The second-order valence-electron chi connectivity index (χ2n) is 10.7. The Bertz CT molecular complexity index is 1700. The molecule has 2 heterocycles. The summed E-state index contributed by atoms with van der Waals surface area (Å²) >= 11 is 0. The van der Waals surface area contributed by atoms with Gasteiger partial charge in [-0.15, -0.1) is 0 Å². The number of amides is 4. The summed E-state index contributed by atoms with van der Waals surface area (Å²) in [7, 11) is 0. The van der Waals surface area contributed by atoms with Crippen LogP contribution >= 0.6 is 0 Å². The Morgan fingerprint density at radius 2 is 0.844 bits per heavy atom. The highest BCUT2D eigenvalue weighted by molar-refractivity contribution is 6.28. The summed E-state index contributed by atoms with van der Waals surface area (Å²) in [4.78, 5) is 50.1. The van der Waals surface area contributed by atoms with Gasteiger partial charge in [-0.3, -0.25) is 19.2 Å². The van der Waals surface area contributed by atoms with Crippen molar-refractivity contribution >= 4 is 35.0 Å². The molecule has 0 spiro atoms. The van der Waals surface area contributed by atoms with Gasteiger partial charge in [0, 0.05) is 24.3 Å².